The van der Waals surface area contributed by atoms with E-state index in [1.807, 2.05) is 24.3 Å². The van der Waals surface area contributed by atoms with Crippen molar-refractivity contribution in [2.45, 2.75) is 52.1 Å². The van der Waals surface area contributed by atoms with Crippen LogP contribution in [0.4, 0.5) is 5.69 Å². The van der Waals surface area contributed by atoms with Gasteiger partial charge in [0, 0.05) is 16.6 Å². The normalized spacial score (nSPS) is 21.9. The highest BCUT2D eigenvalue weighted by atomic mass is 79.9. The molecule has 1 aliphatic rings. The van der Waals surface area contributed by atoms with Crippen LogP contribution < -0.4 is 5.43 Å². The monoisotopic (exact) mass is 381 g/mol. The number of piperidine rings is 1. The van der Waals surface area contributed by atoms with Gasteiger partial charge in [0.2, 0.25) is 5.84 Å². The third-order valence-electron chi connectivity index (χ3n) is 4.03. The molecule has 23 heavy (non-hydrogen) atoms. The van der Waals surface area contributed by atoms with Gasteiger partial charge in [0.25, 0.3) is 0 Å². The number of nitrogens with one attached hydrogen (secondary N) is 1. The summed E-state index contributed by atoms with van der Waals surface area (Å²) in [6.07, 6.45) is 3.29. The number of hydrogen-bond donors (Lipinski definition) is 1. The van der Waals surface area contributed by atoms with Crippen LogP contribution in [0.1, 0.15) is 40.0 Å². The standard InChI is InChI=1S/C17H24BrN3O2/c1-4-23-17(22)16(21-12(2)6-5-7-13(21)3)20-19-15-10-8-14(18)9-11-15/h8-13,19H,4-7H2,1-3H3/b20-16+. The highest BCUT2D eigenvalue weighted by Crippen LogP contribution is 2.23. The molecule has 1 aliphatic heterocycles. The first-order chi connectivity index (χ1) is 11.0. The minimum Gasteiger partial charge on any atom is -0.460 e. The smallest absolute Gasteiger partial charge is 0.376 e. The third-order valence-corrected chi connectivity index (χ3v) is 4.56. The molecule has 1 heterocycles. The van der Waals surface area contributed by atoms with Gasteiger partial charge < -0.3 is 9.64 Å². The fourth-order valence-electron chi connectivity index (χ4n) is 2.89. The molecule has 1 saturated heterocycles. The Morgan fingerprint density at radius 1 is 1.30 bits per heavy atom. The summed E-state index contributed by atoms with van der Waals surface area (Å²) < 4.78 is 6.20. The molecule has 5 nitrogen and oxygen atoms in total. The topological polar surface area (TPSA) is 53.9 Å². The fourth-order valence-corrected chi connectivity index (χ4v) is 3.15. The lowest BCUT2D eigenvalue weighted by atomic mass is 9.97. The van der Waals surface area contributed by atoms with Crippen LogP contribution in [0, 0.1) is 0 Å². The first-order valence-electron chi connectivity index (χ1n) is 8.07. The number of hydrazone groups is 1. The van der Waals surface area contributed by atoms with Crippen molar-refractivity contribution in [1.29, 1.82) is 0 Å². The molecule has 2 atom stereocenters. The first kappa shape index (κ1) is 17.8. The van der Waals surface area contributed by atoms with Crippen molar-refractivity contribution in [3.8, 4) is 0 Å². The summed E-state index contributed by atoms with van der Waals surface area (Å²) in [7, 11) is 0. The number of benzene rings is 1. The van der Waals surface area contributed by atoms with Crippen LogP contribution in [0.3, 0.4) is 0 Å². The van der Waals surface area contributed by atoms with Crippen molar-refractivity contribution < 1.29 is 9.53 Å². The SMILES string of the molecule is CCOC(=O)/C(=N\Nc1ccc(Br)cc1)N1C(C)CCCC1C. The van der Waals surface area contributed by atoms with Gasteiger partial charge in [-0.3, -0.25) is 5.43 Å². The number of halogens is 1. The van der Waals surface area contributed by atoms with Gasteiger partial charge in [-0.25, -0.2) is 4.79 Å². The number of likely N-dealkylation sites (tertiary alicyclic amines) is 1. The number of carbonyl (C=O) groups is 1. The minimum absolute atomic E-state index is 0.272. The van der Waals surface area contributed by atoms with Crippen molar-refractivity contribution in [2.75, 3.05) is 12.0 Å². The van der Waals surface area contributed by atoms with Crippen molar-refractivity contribution in [1.82, 2.24) is 4.90 Å². The molecule has 2 unspecified atom stereocenters. The molecule has 0 spiro atoms. The Balaban J connectivity index is 2.23. The van der Waals surface area contributed by atoms with Crippen LogP contribution in [0.2, 0.25) is 0 Å². The number of esters is 1. The van der Waals surface area contributed by atoms with E-state index in [4.69, 9.17) is 4.74 Å². The summed E-state index contributed by atoms with van der Waals surface area (Å²) in [5.74, 6) is -0.0211. The first-order valence-corrected chi connectivity index (χ1v) is 8.87. The average Bonchev–Trinajstić information content (AvgIpc) is 2.52. The van der Waals surface area contributed by atoms with Gasteiger partial charge in [-0.1, -0.05) is 15.9 Å². The highest BCUT2D eigenvalue weighted by Gasteiger charge is 2.32. The Morgan fingerprint density at radius 2 is 1.91 bits per heavy atom. The van der Waals surface area contributed by atoms with Crippen LogP contribution in [-0.2, 0) is 9.53 Å². The molecular formula is C17H24BrN3O2. The van der Waals surface area contributed by atoms with E-state index in [0.717, 1.165) is 23.0 Å². The van der Waals surface area contributed by atoms with E-state index in [0.29, 0.717) is 12.4 Å². The van der Waals surface area contributed by atoms with Crippen LogP contribution >= 0.6 is 15.9 Å². The van der Waals surface area contributed by atoms with Gasteiger partial charge in [0.1, 0.15) is 0 Å². The zero-order valence-electron chi connectivity index (χ0n) is 13.9. The summed E-state index contributed by atoms with van der Waals surface area (Å²) >= 11 is 3.40. The second-order valence-corrected chi connectivity index (χ2v) is 6.73. The largest absolute Gasteiger partial charge is 0.460 e. The zero-order valence-corrected chi connectivity index (χ0v) is 15.5. The van der Waals surface area contributed by atoms with Crippen LogP contribution in [0.5, 0.6) is 0 Å². The van der Waals surface area contributed by atoms with E-state index in [1.54, 1.807) is 6.92 Å². The third kappa shape index (κ3) is 4.70. The quantitative estimate of drug-likeness (QED) is 0.372. The Morgan fingerprint density at radius 3 is 2.48 bits per heavy atom. The summed E-state index contributed by atoms with van der Waals surface area (Å²) in [6, 6.07) is 8.20. The van der Waals surface area contributed by atoms with Gasteiger partial charge >= 0.3 is 5.97 Å². The Bertz CT molecular complexity index is 549. The number of carbonyl (C=O) groups excluding carboxylic acids is 1. The average molecular weight is 382 g/mol. The number of nitrogens with zero attached hydrogens (tertiary/aromatic N) is 2. The number of amidine groups is 1. The lowest BCUT2D eigenvalue weighted by Crippen LogP contribution is -2.51. The molecule has 6 heteroatoms. The highest BCUT2D eigenvalue weighted by molar-refractivity contribution is 9.10. The molecule has 1 N–H and O–H groups in total. The number of anilines is 1. The van der Waals surface area contributed by atoms with E-state index in [9.17, 15) is 4.79 Å². The van der Waals surface area contributed by atoms with Gasteiger partial charge in [0.15, 0.2) is 0 Å². The lowest BCUT2D eigenvalue weighted by molar-refractivity contribution is -0.136. The molecule has 2 rings (SSSR count). The molecular weight excluding hydrogens is 358 g/mol. The summed E-state index contributed by atoms with van der Waals surface area (Å²) in [5.41, 5.74) is 3.80. The molecule has 0 radical (unpaired) electrons. The second-order valence-electron chi connectivity index (χ2n) is 5.81. The predicted molar refractivity (Wildman–Crippen MR) is 96.4 cm³/mol. The van der Waals surface area contributed by atoms with E-state index in [1.165, 1.54) is 6.42 Å². The summed E-state index contributed by atoms with van der Waals surface area (Å²) in [5, 5.41) is 4.37. The number of hydrogen-bond acceptors (Lipinski definition) is 4. The Kier molecular flexibility index (Phi) is 6.45. The van der Waals surface area contributed by atoms with Gasteiger partial charge in [-0.05, 0) is 64.3 Å². The molecule has 0 aliphatic carbocycles. The minimum atomic E-state index is -0.377. The molecule has 0 bridgehead atoms. The lowest BCUT2D eigenvalue weighted by Gasteiger charge is -2.40. The van der Waals surface area contributed by atoms with Crippen molar-refractivity contribution in [3.05, 3.63) is 28.7 Å². The van der Waals surface area contributed by atoms with Crippen LogP contribution in [-0.4, -0.2) is 35.4 Å². The molecule has 1 aromatic carbocycles. The maximum Gasteiger partial charge on any atom is 0.376 e. The predicted octanol–water partition coefficient (Wildman–Crippen LogP) is 4.00. The van der Waals surface area contributed by atoms with E-state index in [2.05, 4.69) is 45.2 Å². The Labute approximate surface area is 146 Å². The van der Waals surface area contributed by atoms with Gasteiger partial charge in [-0.15, -0.1) is 5.10 Å². The van der Waals surface area contributed by atoms with Crippen LogP contribution in [0.25, 0.3) is 0 Å². The zero-order chi connectivity index (χ0) is 16.8. The summed E-state index contributed by atoms with van der Waals surface area (Å²) in [4.78, 5) is 14.4. The number of ether oxygens (including phenoxy) is 1. The molecule has 126 valence electrons. The summed E-state index contributed by atoms with van der Waals surface area (Å²) in [6.45, 7) is 6.40. The maximum atomic E-state index is 12.4. The van der Waals surface area contributed by atoms with Crippen LogP contribution in [0.15, 0.2) is 33.8 Å². The molecule has 0 saturated carbocycles. The number of rotatable bonds is 3. The van der Waals surface area contributed by atoms with Crippen molar-refractivity contribution >= 4 is 33.4 Å². The fraction of sp³-hybridized carbons (Fsp3) is 0.529. The maximum absolute atomic E-state index is 12.4. The van der Waals surface area contributed by atoms with Crippen molar-refractivity contribution in [3.63, 3.8) is 0 Å². The molecule has 0 amide bonds. The van der Waals surface area contributed by atoms with E-state index < -0.39 is 0 Å². The second kappa shape index (κ2) is 8.34. The van der Waals surface area contributed by atoms with E-state index >= 15 is 0 Å². The van der Waals surface area contributed by atoms with E-state index in [-0.39, 0.29) is 18.1 Å². The van der Waals surface area contributed by atoms with Crippen molar-refractivity contribution in [2.24, 2.45) is 5.10 Å². The van der Waals surface area contributed by atoms with Gasteiger partial charge in [0.05, 0.1) is 12.3 Å². The molecule has 1 fully saturated rings. The Hall–Kier alpha value is -1.56. The molecule has 1 aromatic rings. The van der Waals surface area contributed by atoms with Gasteiger partial charge in [-0.2, -0.15) is 0 Å². The molecule has 0 aromatic heterocycles.